The highest BCUT2D eigenvalue weighted by molar-refractivity contribution is 7.89. The van der Waals surface area contributed by atoms with Crippen molar-refractivity contribution in [3.63, 3.8) is 0 Å². The highest BCUT2D eigenvalue weighted by Gasteiger charge is 2.25. The zero-order chi connectivity index (χ0) is 12.7. The molecule has 0 aliphatic heterocycles. The summed E-state index contributed by atoms with van der Waals surface area (Å²) in [6, 6.07) is 0. The summed E-state index contributed by atoms with van der Waals surface area (Å²) < 4.78 is 30.5. The average molecular weight is 265 g/mol. The third-order valence-electron chi connectivity index (χ3n) is 3.42. The van der Waals surface area contributed by atoms with Crippen LogP contribution in [0.15, 0.2) is 0 Å². The largest absolute Gasteiger partial charge is 0.396 e. The van der Waals surface area contributed by atoms with Gasteiger partial charge in [-0.2, -0.15) is 0 Å². The third kappa shape index (κ3) is 5.33. The van der Waals surface area contributed by atoms with Gasteiger partial charge in [0.25, 0.3) is 0 Å². The first-order valence-corrected chi connectivity index (χ1v) is 7.81. The highest BCUT2D eigenvalue weighted by atomic mass is 32.2. The van der Waals surface area contributed by atoms with Crippen molar-refractivity contribution >= 4 is 10.0 Å². The van der Waals surface area contributed by atoms with Gasteiger partial charge in [-0.25, -0.2) is 13.1 Å². The number of aliphatic hydroxyl groups excluding tert-OH is 1. The number of sulfonamides is 1. The first-order valence-electron chi connectivity index (χ1n) is 6.16. The Kier molecular flexibility index (Phi) is 6.40. The minimum Gasteiger partial charge on any atom is -0.396 e. The van der Waals surface area contributed by atoms with E-state index in [-0.39, 0.29) is 30.8 Å². The maximum Gasteiger partial charge on any atom is 0.213 e. The standard InChI is InChI=1S/C11H23NO4S/c1-16-6-7-17(14,15)12-8-10-4-2-3-5-11(10)9-13/h10-13H,2-9H2,1H3. The van der Waals surface area contributed by atoms with Gasteiger partial charge in [-0.15, -0.1) is 0 Å². The molecule has 102 valence electrons. The monoisotopic (exact) mass is 265 g/mol. The fourth-order valence-corrected chi connectivity index (χ4v) is 3.29. The molecule has 1 saturated carbocycles. The Morgan fingerprint density at radius 3 is 2.53 bits per heavy atom. The number of hydrogen-bond acceptors (Lipinski definition) is 4. The van der Waals surface area contributed by atoms with Gasteiger partial charge in [0.15, 0.2) is 0 Å². The van der Waals surface area contributed by atoms with Gasteiger partial charge in [-0.3, -0.25) is 0 Å². The SMILES string of the molecule is COCCS(=O)(=O)NCC1CCCCC1CO. The molecule has 17 heavy (non-hydrogen) atoms. The summed E-state index contributed by atoms with van der Waals surface area (Å²) in [6.07, 6.45) is 4.26. The second-order valence-electron chi connectivity index (χ2n) is 4.65. The number of methoxy groups -OCH3 is 1. The quantitative estimate of drug-likeness (QED) is 0.696. The van der Waals surface area contributed by atoms with Crippen molar-refractivity contribution in [1.82, 2.24) is 4.72 Å². The van der Waals surface area contributed by atoms with E-state index in [0.29, 0.717) is 6.54 Å². The number of aliphatic hydroxyl groups is 1. The van der Waals surface area contributed by atoms with Crippen LogP contribution in [0, 0.1) is 11.8 Å². The van der Waals surface area contributed by atoms with Crippen molar-refractivity contribution in [3.05, 3.63) is 0 Å². The molecule has 1 aliphatic carbocycles. The third-order valence-corrected chi connectivity index (χ3v) is 4.73. The first-order chi connectivity index (χ1) is 8.09. The zero-order valence-electron chi connectivity index (χ0n) is 10.4. The van der Waals surface area contributed by atoms with Crippen molar-refractivity contribution in [1.29, 1.82) is 0 Å². The molecular weight excluding hydrogens is 242 g/mol. The molecule has 2 atom stereocenters. The summed E-state index contributed by atoms with van der Waals surface area (Å²) in [6.45, 7) is 0.811. The molecule has 1 fully saturated rings. The lowest BCUT2D eigenvalue weighted by Gasteiger charge is -2.30. The molecule has 0 aromatic heterocycles. The second-order valence-corrected chi connectivity index (χ2v) is 6.57. The van der Waals surface area contributed by atoms with Gasteiger partial charge in [0, 0.05) is 20.3 Å². The Balaban J connectivity index is 2.37. The predicted molar refractivity (Wildman–Crippen MR) is 66.2 cm³/mol. The first kappa shape index (κ1) is 14.9. The molecular formula is C11H23NO4S. The van der Waals surface area contributed by atoms with Gasteiger partial charge >= 0.3 is 0 Å². The molecule has 0 spiro atoms. The van der Waals surface area contributed by atoms with E-state index in [9.17, 15) is 13.5 Å². The molecule has 2 N–H and O–H groups in total. The Morgan fingerprint density at radius 2 is 1.94 bits per heavy atom. The van der Waals surface area contributed by atoms with E-state index in [1.165, 1.54) is 7.11 Å². The van der Waals surface area contributed by atoms with Crippen LogP contribution in [0.3, 0.4) is 0 Å². The van der Waals surface area contributed by atoms with Crippen LogP contribution in [0.1, 0.15) is 25.7 Å². The van der Waals surface area contributed by atoms with E-state index < -0.39 is 10.0 Å². The Hall–Kier alpha value is -0.170. The van der Waals surface area contributed by atoms with E-state index in [1.54, 1.807) is 0 Å². The average Bonchev–Trinajstić information content (AvgIpc) is 2.34. The van der Waals surface area contributed by atoms with Gasteiger partial charge in [0.2, 0.25) is 10.0 Å². The van der Waals surface area contributed by atoms with Crippen LogP contribution < -0.4 is 4.72 Å². The number of hydrogen-bond donors (Lipinski definition) is 2. The Bertz CT molecular complexity index is 305. The molecule has 0 radical (unpaired) electrons. The summed E-state index contributed by atoms with van der Waals surface area (Å²) in [7, 11) is -1.75. The van der Waals surface area contributed by atoms with Crippen molar-refractivity contribution in [2.24, 2.45) is 11.8 Å². The lowest BCUT2D eigenvalue weighted by Crippen LogP contribution is -2.37. The van der Waals surface area contributed by atoms with Crippen LogP contribution in [0.4, 0.5) is 0 Å². The summed E-state index contributed by atoms with van der Waals surface area (Å²) in [5, 5.41) is 9.24. The lowest BCUT2D eigenvalue weighted by atomic mass is 9.80. The molecule has 0 aromatic rings. The van der Waals surface area contributed by atoms with E-state index in [0.717, 1.165) is 25.7 Å². The zero-order valence-corrected chi connectivity index (χ0v) is 11.2. The predicted octanol–water partition coefficient (Wildman–Crippen LogP) is 0.351. The molecule has 1 rings (SSSR count). The van der Waals surface area contributed by atoms with Gasteiger partial charge in [0.1, 0.15) is 0 Å². The molecule has 1 aliphatic rings. The van der Waals surface area contributed by atoms with Crippen LogP contribution >= 0.6 is 0 Å². The number of nitrogens with one attached hydrogen (secondary N) is 1. The summed E-state index contributed by atoms with van der Waals surface area (Å²) >= 11 is 0. The minimum absolute atomic E-state index is 0.0000116. The van der Waals surface area contributed by atoms with E-state index in [1.807, 2.05) is 0 Å². The number of ether oxygens (including phenoxy) is 1. The van der Waals surface area contributed by atoms with Gasteiger partial charge in [-0.05, 0) is 24.7 Å². The molecule has 2 unspecified atom stereocenters. The van der Waals surface area contributed by atoms with Crippen LogP contribution in [0.2, 0.25) is 0 Å². The molecule has 0 amide bonds. The van der Waals surface area contributed by atoms with Crippen molar-refractivity contribution in [2.45, 2.75) is 25.7 Å². The second kappa shape index (κ2) is 7.31. The van der Waals surface area contributed by atoms with Crippen LogP contribution in [-0.4, -0.2) is 46.1 Å². The Labute approximate surface area is 104 Å². The summed E-state index contributed by atoms with van der Waals surface area (Å²) in [4.78, 5) is 0. The fraction of sp³-hybridized carbons (Fsp3) is 1.00. The van der Waals surface area contributed by atoms with Crippen molar-refractivity contribution in [3.8, 4) is 0 Å². The Morgan fingerprint density at radius 1 is 1.29 bits per heavy atom. The molecule has 6 heteroatoms. The van der Waals surface area contributed by atoms with Gasteiger partial charge in [-0.1, -0.05) is 12.8 Å². The molecule has 5 nitrogen and oxygen atoms in total. The van der Waals surface area contributed by atoms with Crippen LogP contribution in [0.25, 0.3) is 0 Å². The van der Waals surface area contributed by atoms with Gasteiger partial charge < -0.3 is 9.84 Å². The lowest BCUT2D eigenvalue weighted by molar-refractivity contribution is 0.136. The fourth-order valence-electron chi connectivity index (χ4n) is 2.29. The van der Waals surface area contributed by atoms with E-state index in [2.05, 4.69) is 4.72 Å². The van der Waals surface area contributed by atoms with E-state index >= 15 is 0 Å². The van der Waals surface area contributed by atoms with Crippen LogP contribution in [-0.2, 0) is 14.8 Å². The molecule has 0 heterocycles. The maximum atomic E-state index is 11.6. The molecule has 0 aromatic carbocycles. The summed E-state index contributed by atoms with van der Waals surface area (Å²) in [5.41, 5.74) is 0. The van der Waals surface area contributed by atoms with Crippen molar-refractivity contribution < 1.29 is 18.3 Å². The van der Waals surface area contributed by atoms with Crippen LogP contribution in [0.5, 0.6) is 0 Å². The normalized spacial score (nSPS) is 26.0. The molecule has 0 saturated heterocycles. The topological polar surface area (TPSA) is 75.6 Å². The summed E-state index contributed by atoms with van der Waals surface area (Å²) in [5.74, 6) is 0.514. The maximum absolute atomic E-state index is 11.6. The van der Waals surface area contributed by atoms with Gasteiger partial charge in [0.05, 0.1) is 12.4 Å². The smallest absolute Gasteiger partial charge is 0.213 e. The van der Waals surface area contributed by atoms with Crippen molar-refractivity contribution in [2.75, 3.05) is 32.6 Å². The molecule has 0 bridgehead atoms. The number of rotatable bonds is 7. The van der Waals surface area contributed by atoms with E-state index in [4.69, 9.17) is 4.74 Å². The highest BCUT2D eigenvalue weighted by Crippen LogP contribution is 2.29. The minimum atomic E-state index is -3.23.